The predicted octanol–water partition coefficient (Wildman–Crippen LogP) is 1.05. The number of carboxylic acid groups (broad SMARTS) is 1. The van der Waals surface area contributed by atoms with E-state index in [9.17, 15) is 9.59 Å². The van der Waals surface area contributed by atoms with E-state index in [1.165, 1.54) is 10.9 Å². The Hall–Kier alpha value is -1.92. The van der Waals surface area contributed by atoms with Crippen molar-refractivity contribution in [1.29, 1.82) is 0 Å². The van der Waals surface area contributed by atoms with Crippen LogP contribution in [0, 0.1) is 11.8 Å². The fourth-order valence-corrected chi connectivity index (χ4v) is 2.10. The number of hydrogen-bond acceptors (Lipinski definition) is 4. The van der Waals surface area contributed by atoms with Crippen molar-refractivity contribution in [1.82, 2.24) is 20.3 Å². The number of aliphatic carboxylic acids is 1. The molecule has 1 amide bonds. The lowest BCUT2D eigenvalue weighted by Crippen LogP contribution is -2.25. The van der Waals surface area contributed by atoms with Crippen LogP contribution in [0.4, 0.5) is 0 Å². The number of aromatic nitrogens is 3. The summed E-state index contributed by atoms with van der Waals surface area (Å²) in [7, 11) is 0. The van der Waals surface area contributed by atoms with Gasteiger partial charge in [0.15, 0.2) is 0 Å². The van der Waals surface area contributed by atoms with Crippen molar-refractivity contribution >= 4 is 11.9 Å². The van der Waals surface area contributed by atoms with E-state index in [1.807, 2.05) is 0 Å². The van der Waals surface area contributed by atoms with E-state index in [0.717, 1.165) is 6.42 Å². The van der Waals surface area contributed by atoms with E-state index >= 15 is 0 Å². The first-order valence-corrected chi connectivity index (χ1v) is 6.74. The first-order chi connectivity index (χ1) is 9.36. The molecule has 7 nitrogen and oxygen atoms in total. The molecule has 1 heterocycles. The van der Waals surface area contributed by atoms with Crippen LogP contribution in [0.25, 0.3) is 0 Å². The Labute approximate surface area is 118 Å². The van der Waals surface area contributed by atoms with Crippen molar-refractivity contribution in [3.8, 4) is 0 Å². The average Bonchev–Trinajstić information content (AvgIpc) is 2.71. The SMILES string of the molecule is CC(C)CC(C)CC(=O)NCc1cn(CC(=O)O)nn1. The highest BCUT2D eigenvalue weighted by molar-refractivity contribution is 5.76. The number of nitrogens with one attached hydrogen (secondary N) is 1. The molecule has 0 bridgehead atoms. The fraction of sp³-hybridized carbons (Fsp3) is 0.692. The van der Waals surface area contributed by atoms with Crippen molar-refractivity contribution in [2.45, 2.75) is 46.7 Å². The molecule has 0 radical (unpaired) electrons. The third kappa shape index (κ3) is 6.31. The van der Waals surface area contributed by atoms with Crippen LogP contribution in [-0.2, 0) is 22.7 Å². The lowest BCUT2D eigenvalue weighted by atomic mass is 9.96. The van der Waals surface area contributed by atoms with Crippen LogP contribution < -0.4 is 5.32 Å². The Morgan fingerprint density at radius 2 is 2.10 bits per heavy atom. The number of rotatable bonds is 8. The van der Waals surface area contributed by atoms with Gasteiger partial charge in [-0.3, -0.25) is 9.59 Å². The molecule has 1 rings (SSSR count). The van der Waals surface area contributed by atoms with Gasteiger partial charge in [0.2, 0.25) is 5.91 Å². The van der Waals surface area contributed by atoms with Crippen molar-refractivity contribution in [3.63, 3.8) is 0 Å². The highest BCUT2D eigenvalue weighted by Gasteiger charge is 2.11. The first kappa shape index (κ1) is 16.1. The standard InChI is InChI=1S/C13H22N4O3/c1-9(2)4-10(3)5-12(18)14-6-11-7-17(16-15-11)8-13(19)20/h7,9-10H,4-6,8H2,1-3H3,(H,14,18)(H,19,20). The largest absolute Gasteiger partial charge is 0.480 e. The molecule has 0 fully saturated rings. The molecule has 1 atom stereocenters. The number of carbonyl (C=O) groups excluding carboxylic acids is 1. The number of carbonyl (C=O) groups is 2. The molecular formula is C13H22N4O3. The normalized spacial score (nSPS) is 12.4. The van der Waals surface area contributed by atoms with Gasteiger partial charge >= 0.3 is 5.97 Å². The van der Waals surface area contributed by atoms with E-state index < -0.39 is 5.97 Å². The Bertz CT molecular complexity index is 456. The zero-order valence-corrected chi connectivity index (χ0v) is 12.2. The van der Waals surface area contributed by atoms with E-state index in [0.29, 0.717) is 24.0 Å². The van der Waals surface area contributed by atoms with Gasteiger partial charge in [-0.05, 0) is 18.3 Å². The van der Waals surface area contributed by atoms with Crippen LogP contribution in [0.1, 0.15) is 39.3 Å². The van der Waals surface area contributed by atoms with Crippen molar-refractivity contribution < 1.29 is 14.7 Å². The smallest absolute Gasteiger partial charge is 0.325 e. The van der Waals surface area contributed by atoms with Crippen molar-refractivity contribution in [2.24, 2.45) is 11.8 Å². The quantitative estimate of drug-likeness (QED) is 0.743. The van der Waals surface area contributed by atoms with Gasteiger partial charge in [0.05, 0.1) is 12.7 Å². The summed E-state index contributed by atoms with van der Waals surface area (Å²) in [6.45, 7) is 6.37. The summed E-state index contributed by atoms with van der Waals surface area (Å²) < 4.78 is 1.23. The van der Waals surface area contributed by atoms with Gasteiger partial charge in [-0.2, -0.15) is 0 Å². The zero-order valence-electron chi connectivity index (χ0n) is 12.2. The Balaban J connectivity index is 2.33. The third-order valence-electron chi connectivity index (χ3n) is 2.76. The molecule has 0 saturated heterocycles. The van der Waals surface area contributed by atoms with Gasteiger partial charge in [0, 0.05) is 6.42 Å². The molecular weight excluding hydrogens is 260 g/mol. The van der Waals surface area contributed by atoms with Crippen LogP contribution in [0.3, 0.4) is 0 Å². The molecule has 2 N–H and O–H groups in total. The third-order valence-corrected chi connectivity index (χ3v) is 2.76. The molecule has 20 heavy (non-hydrogen) atoms. The minimum Gasteiger partial charge on any atom is -0.480 e. The molecule has 0 saturated carbocycles. The molecule has 1 unspecified atom stereocenters. The minimum absolute atomic E-state index is 0.0223. The molecule has 112 valence electrons. The monoisotopic (exact) mass is 282 g/mol. The highest BCUT2D eigenvalue weighted by atomic mass is 16.4. The van der Waals surface area contributed by atoms with Gasteiger partial charge < -0.3 is 10.4 Å². The van der Waals surface area contributed by atoms with Gasteiger partial charge in [-0.15, -0.1) is 5.10 Å². The average molecular weight is 282 g/mol. The second-order valence-electron chi connectivity index (χ2n) is 5.52. The maximum Gasteiger partial charge on any atom is 0.325 e. The summed E-state index contributed by atoms with van der Waals surface area (Å²) in [4.78, 5) is 22.2. The Morgan fingerprint density at radius 1 is 1.40 bits per heavy atom. The van der Waals surface area contributed by atoms with Crippen LogP contribution in [0.5, 0.6) is 0 Å². The van der Waals surface area contributed by atoms with Gasteiger partial charge in [-0.25, -0.2) is 4.68 Å². The molecule has 0 aliphatic rings. The van der Waals surface area contributed by atoms with Crippen molar-refractivity contribution in [3.05, 3.63) is 11.9 Å². The van der Waals surface area contributed by atoms with Crippen LogP contribution in [-0.4, -0.2) is 32.0 Å². The topological polar surface area (TPSA) is 97.1 Å². The fourth-order valence-electron chi connectivity index (χ4n) is 2.10. The summed E-state index contributed by atoms with van der Waals surface area (Å²) >= 11 is 0. The summed E-state index contributed by atoms with van der Waals surface area (Å²) in [6.07, 6.45) is 3.02. The molecule has 7 heteroatoms. The van der Waals surface area contributed by atoms with E-state index in [-0.39, 0.29) is 19.0 Å². The molecule has 1 aromatic heterocycles. The number of hydrogen-bond donors (Lipinski definition) is 2. The predicted molar refractivity (Wildman–Crippen MR) is 72.7 cm³/mol. The van der Waals surface area contributed by atoms with Gasteiger partial charge in [-0.1, -0.05) is 26.0 Å². The Morgan fingerprint density at radius 3 is 2.70 bits per heavy atom. The number of carboxylic acids is 1. The minimum atomic E-state index is -0.979. The van der Waals surface area contributed by atoms with Crippen LogP contribution >= 0.6 is 0 Å². The maximum absolute atomic E-state index is 11.7. The summed E-state index contributed by atoms with van der Waals surface area (Å²) in [6, 6.07) is 0. The lowest BCUT2D eigenvalue weighted by Gasteiger charge is -2.13. The summed E-state index contributed by atoms with van der Waals surface area (Å²) in [5.74, 6) is -0.0784. The summed E-state index contributed by atoms with van der Waals surface area (Å²) in [5.41, 5.74) is 0.552. The molecule has 1 aromatic rings. The second kappa shape index (κ2) is 7.62. The van der Waals surface area contributed by atoms with E-state index in [1.54, 1.807) is 0 Å². The van der Waals surface area contributed by atoms with E-state index in [2.05, 4.69) is 36.4 Å². The number of amides is 1. The zero-order chi connectivity index (χ0) is 15.1. The number of nitrogens with zero attached hydrogens (tertiary/aromatic N) is 3. The highest BCUT2D eigenvalue weighted by Crippen LogP contribution is 2.14. The van der Waals surface area contributed by atoms with Gasteiger partial charge in [0.1, 0.15) is 12.2 Å². The molecule has 0 aromatic carbocycles. The van der Waals surface area contributed by atoms with E-state index in [4.69, 9.17) is 5.11 Å². The Kier molecular flexibility index (Phi) is 6.14. The maximum atomic E-state index is 11.7. The van der Waals surface area contributed by atoms with Crippen molar-refractivity contribution in [2.75, 3.05) is 0 Å². The lowest BCUT2D eigenvalue weighted by molar-refractivity contribution is -0.138. The molecule has 0 spiro atoms. The molecule has 0 aliphatic heterocycles. The van der Waals surface area contributed by atoms with Crippen LogP contribution in [0.15, 0.2) is 6.20 Å². The second-order valence-corrected chi connectivity index (χ2v) is 5.52. The first-order valence-electron chi connectivity index (χ1n) is 6.74. The van der Waals surface area contributed by atoms with Gasteiger partial charge in [0.25, 0.3) is 0 Å². The molecule has 0 aliphatic carbocycles. The van der Waals surface area contributed by atoms with Crippen LogP contribution in [0.2, 0.25) is 0 Å². The summed E-state index contributed by atoms with van der Waals surface area (Å²) in [5, 5.41) is 18.8.